The number of piperidine rings is 1. The topological polar surface area (TPSA) is 33.2 Å². The van der Waals surface area contributed by atoms with Crippen molar-refractivity contribution < 1.29 is 4.79 Å². The molecule has 0 unspecified atom stereocenters. The third-order valence-corrected chi connectivity index (χ3v) is 2.55. The Morgan fingerprint density at radius 1 is 1.27 bits per heavy atom. The number of amides is 1. The van der Waals surface area contributed by atoms with Gasteiger partial charge in [0.15, 0.2) is 0 Å². The average Bonchev–Trinajstić information content (AvgIpc) is 2.30. The van der Waals surface area contributed by atoms with Gasteiger partial charge in [-0.3, -0.25) is 9.78 Å². The first kappa shape index (κ1) is 12.0. The lowest BCUT2D eigenvalue weighted by Gasteiger charge is -2.26. The number of hydrogen-bond acceptors (Lipinski definition) is 2. The Morgan fingerprint density at radius 2 is 2.00 bits per heavy atom. The minimum Gasteiger partial charge on any atom is -0.339 e. The van der Waals surface area contributed by atoms with Gasteiger partial charge < -0.3 is 4.90 Å². The first-order chi connectivity index (χ1) is 6.88. The standard InChI is InChI=1S/C11H14N2O.ClH/c14-11(10-5-4-6-12-9-10)13-7-2-1-3-8-13;/h4-6,9H,1-3,7-8H2;1H. The summed E-state index contributed by atoms with van der Waals surface area (Å²) in [7, 11) is 0. The number of carbonyl (C=O) groups is 1. The van der Waals surface area contributed by atoms with Crippen LogP contribution in [0.4, 0.5) is 0 Å². The molecule has 4 heteroatoms. The monoisotopic (exact) mass is 226 g/mol. The number of halogens is 1. The Hall–Kier alpha value is -1.09. The smallest absolute Gasteiger partial charge is 0.255 e. The molecule has 1 aromatic heterocycles. The summed E-state index contributed by atoms with van der Waals surface area (Å²) in [4.78, 5) is 17.8. The number of rotatable bonds is 1. The van der Waals surface area contributed by atoms with Crippen molar-refractivity contribution in [3.05, 3.63) is 30.1 Å². The van der Waals surface area contributed by atoms with Crippen molar-refractivity contribution in [2.45, 2.75) is 19.3 Å². The molecule has 15 heavy (non-hydrogen) atoms. The molecule has 82 valence electrons. The average molecular weight is 227 g/mol. The normalized spacial score (nSPS) is 15.6. The number of aromatic nitrogens is 1. The summed E-state index contributed by atoms with van der Waals surface area (Å²) >= 11 is 0. The molecule has 1 aromatic rings. The van der Waals surface area contributed by atoms with Crippen LogP contribution in [0.15, 0.2) is 24.5 Å². The molecule has 0 saturated carbocycles. The molecule has 0 aliphatic carbocycles. The van der Waals surface area contributed by atoms with E-state index in [0.29, 0.717) is 5.56 Å². The van der Waals surface area contributed by atoms with Gasteiger partial charge in [0.25, 0.3) is 5.91 Å². The van der Waals surface area contributed by atoms with E-state index in [4.69, 9.17) is 0 Å². The minimum absolute atomic E-state index is 0. The zero-order valence-corrected chi connectivity index (χ0v) is 9.37. The van der Waals surface area contributed by atoms with E-state index in [1.54, 1.807) is 18.5 Å². The largest absolute Gasteiger partial charge is 0.339 e. The Morgan fingerprint density at radius 3 is 2.60 bits per heavy atom. The minimum atomic E-state index is 0. The van der Waals surface area contributed by atoms with Gasteiger partial charge in [-0.05, 0) is 31.4 Å². The highest BCUT2D eigenvalue weighted by Gasteiger charge is 2.17. The van der Waals surface area contributed by atoms with E-state index >= 15 is 0 Å². The molecule has 0 radical (unpaired) electrons. The molecule has 0 bridgehead atoms. The van der Waals surface area contributed by atoms with Crippen LogP contribution in [0.3, 0.4) is 0 Å². The van der Waals surface area contributed by atoms with Gasteiger partial charge in [0.2, 0.25) is 0 Å². The summed E-state index contributed by atoms with van der Waals surface area (Å²) in [6.07, 6.45) is 6.83. The van der Waals surface area contributed by atoms with E-state index in [1.165, 1.54) is 6.42 Å². The highest BCUT2D eigenvalue weighted by molar-refractivity contribution is 5.93. The zero-order chi connectivity index (χ0) is 9.80. The van der Waals surface area contributed by atoms with Gasteiger partial charge in [-0.25, -0.2) is 0 Å². The fourth-order valence-corrected chi connectivity index (χ4v) is 1.77. The number of nitrogens with zero attached hydrogens (tertiary/aromatic N) is 2. The molecule has 0 aromatic carbocycles. The van der Waals surface area contributed by atoms with Crippen LogP contribution in [0.25, 0.3) is 0 Å². The van der Waals surface area contributed by atoms with E-state index in [-0.39, 0.29) is 18.3 Å². The van der Waals surface area contributed by atoms with Crippen molar-refractivity contribution in [3.63, 3.8) is 0 Å². The lowest BCUT2D eigenvalue weighted by atomic mass is 10.1. The summed E-state index contributed by atoms with van der Waals surface area (Å²) in [5.74, 6) is 0.123. The zero-order valence-electron chi connectivity index (χ0n) is 8.56. The molecular weight excluding hydrogens is 212 g/mol. The van der Waals surface area contributed by atoms with Crippen LogP contribution in [0, 0.1) is 0 Å². The molecule has 3 nitrogen and oxygen atoms in total. The number of pyridine rings is 1. The summed E-state index contributed by atoms with van der Waals surface area (Å²) < 4.78 is 0. The lowest BCUT2D eigenvalue weighted by molar-refractivity contribution is 0.0724. The van der Waals surface area contributed by atoms with Gasteiger partial charge in [-0.1, -0.05) is 0 Å². The van der Waals surface area contributed by atoms with Crippen LogP contribution >= 0.6 is 12.4 Å². The van der Waals surface area contributed by atoms with E-state index in [9.17, 15) is 4.79 Å². The molecule has 2 rings (SSSR count). The summed E-state index contributed by atoms with van der Waals surface area (Å²) in [6.45, 7) is 1.79. The molecule has 1 aliphatic heterocycles. The third-order valence-electron chi connectivity index (χ3n) is 2.55. The second-order valence-corrected chi connectivity index (χ2v) is 3.59. The lowest BCUT2D eigenvalue weighted by Crippen LogP contribution is -2.35. The predicted molar refractivity (Wildman–Crippen MR) is 61.2 cm³/mol. The van der Waals surface area contributed by atoms with Gasteiger partial charge in [0.05, 0.1) is 5.56 Å². The SMILES string of the molecule is Cl.O=C(c1cccnc1)N1CCCCC1. The Kier molecular flexibility index (Phi) is 4.56. The van der Waals surface area contributed by atoms with Gasteiger partial charge in [-0.2, -0.15) is 0 Å². The van der Waals surface area contributed by atoms with E-state index < -0.39 is 0 Å². The first-order valence-electron chi connectivity index (χ1n) is 5.07. The Bertz CT molecular complexity index is 310. The van der Waals surface area contributed by atoms with Gasteiger partial charge in [0, 0.05) is 25.5 Å². The molecule has 1 amide bonds. The molecule has 1 aliphatic rings. The van der Waals surface area contributed by atoms with Crippen molar-refractivity contribution in [2.75, 3.05) is 13.1 Å². The van der Waals surface area contributed by atoms with Crippen molar-refractivity contribution in [1.82, 2.24) is 9.88 Å². The van der Waals surface area contributed by atoms with Crippen molar-refractivity contribution >= 4 is 18.3 Å². The Balaban J connectivity index is 0.00000112. The predicted octanol–water partition coefficient (Wildman–Crippen LogP) is 2.13. The number of hydrogen-bond donors (Lipinski definition) is 0. The fraction of sp³-hybridized carbons (Fsp3) is 0.455. The molecule has 0 N–H and O–H groups in total. The van der Waals surface area contributed by atoms with E-state index in [1.807, 2.05) is 11.0 Å². The second-order valence-electron chi connectivity index (χ2n) is 3.59. The van der Waals surface area contributed by atoms with Crippen molar-refractivity contribution in [3.8, 4) is 0 Å². The summed E-state index contributed by atoms with van der Waals surface area (Å²) in [6, 6.07) is 3.63. The van der Waals surface area contributed by atoms with Crippen LogP contribution < -0.4 is 0 Å². The number of likely N-dealkylation sites (tertiary alicyclic amines) is 1. The number of carbonyl (C=O) groups excluding carboxylic acids is 1. The maximum Gasteiger partial charge on any atom is 0.255 e. The fourth-order valence-electron chi connectivity index (χ4n) is 1.77. The molecule has 0 atom stereocenters. The van der Waals surface area contributed by atoms with Crippen LogP contribution in [0.2, 0.25) is 0 Å². The van der Waals surface area contributed by atoms with Crippen LogP contribution in [-0.2, 0) is 0 Å². The molecular formula is C11H15ClN2O. The highest BCUT2D eigenvalue weighted by atomic mass is 35.5. The van der Waals surface area contributed by atoms with Gasteiger partial charge in [0.1, 0.15) is 0 Å². The van der Waals surface area contributed by atoms with Crippen LogP contribution in [-0.4, -0.2) is 28.9 Å². The van der Waals surface area contributed by atoms with E-state index in [0.717, 1.165) is 25.9 Å². The maximum absolute atomic E-state index is 11.9. The first-order valence-corrected chi connectivity index (χ1v) is 5.07. The maximum atomic E-state index is 11.9. The molecule has 1 saturated heterocycles. The van der Waals surface area contributed by atoms with E-state index in [2.05, 4.69) is 4.98 Å². The van der Waals surface area contributed by atoms with Crippen molar-refractivity contribution in [1.29, 1.82) is 0 Å². The van der Waals surface area contributed by atoms with Crippen LogP contribution in [0.1, 0.15) is 29.6 Å². The van der Waals surface area contributed by atoms with Gasteiger partial charge >= 0.3 is 0 Å². The third kappa shape index (κ3) is 2.93. The van der Waals surface area contributed by atoms with Crippen LogP contribution in [0.5, 0.6) is 0 Å². The molecule has 1 fully saturated rings. The molecule has 0 spiro atoms. The molecule has 2 heterocycles. The quantitative estimate of drug-likeness (QED) is 0.735. The summed E-state index contributed by atoms with van der Waals surface area (Å²) in [5, 5.41) is 0. The highest BCUT2D eigenvalue weighted by Crippen LogP contribution is 2.12. The van der Waals surface area contributed by atoms with Gasteiger partial charge in [-0.15, -0.1) is 12.4 Å². The second kappa shape index (κ2) is 5.71. The van der Waals surface area contributed by atoms with Crippen molar-refractivity contribution in [2.24, 2.45) is 0 Å². The Labute approximate surface area is 95.9 Å². The summed E-state index contributed by atoms with van der Waals surface area (Å²) in [5.41, 5.74) is 0.703.